The quantitative estimate of drug-likeness (QED) is 0.394. The summed E-state index contributed by atoms with van der Waals surface area (Å²) < 4.78 is 4.52. The van der Waals surface area contributed by atoms with Crippen molar-refractivity contribution >= 4 is 11.7 Å². The number of nitrogen functional groups attached to an aromatic ring is 1. The first-order chi connectivity index (χ1) is 5.77. The van der Waals surface area contributed by atoms with Crippen LogP contribution in [0, 0.1) is 0 Å². The minimum atomic E-state index is -0.0257. The highest BCUT2D eigenvalue weighted by atomic mass is 16.5. The number of nitrogens with two attached hydrogens (primary N) is 1. The zero-order valence-electron chi connectivity index (χ0n) is 6.69. The first-order valence-corrected chi connectivity index (χ1v) is 3.58. The summed E-state index contributed by atoms with van der Waals surface area (Å²) in [5.41, 5.74) is 5.58. The molecule has 1 aromatic rings. The van der Waals surface area contributed by atoms with Gasteiger partial charge < -0.3 is 15.5 Å². The van der Waals surface area contributed by atoms with Crippen molar-refractivity contribution in [3.8, 4) is 0 Å². The molecule has 0 aromatic carbocycles. The smallest absolute Gasteiger partial charge is 0.319 e. The lowest BCUT2D eigenvalue weighted by atomic mass is 10.2. The summed E-state index contributed by atoms with van der Waals surface area (Å²) in [6.45, 7) is 1.95. The van der Waals surface area contributed by atoms with E-state index < -0.39 is 0 Å². The van der Waals surface area contributed by atoms with Crippen molar-refractivity contribution in [2.75, 3.05) is 5.73 Å². The molecule has 12 heavy (non-hydrogen) atoms. The van der Waals surface area contributed by atoms with E-state index in [0.717, 1.165) is 6.42 Å². The highest BCUT2D eigenvalue weighted by molar-refractivity contribution is 5.96. The molecule has 0 spiro atoms. The Morgan fingerprint density at radius 1 is 1.75 bits per heavy atom. The largest absolute Gasteiger partial charge is 0.411 e. The van der Waals surface area contributed by atoms with Gasteiger partial charge in [-0.2, -0.15) is 4.98 Å². The molecule has 3 N–H and O–H groups in total. The Balaban J connectivity index is 2.81. The second-order valence-corrected chi connectivity index (χ2v) is 2.25. The van der Waals surface area contributed by atoms with Crippen LogP contribution in [0.4, 0.5) is 6.01 Å². The van der Waals surface area contributed by atoms with Crippen LogP contribution in [-0.2, 0) is 0 Å². The lowest BCUT2D eigenvalue weighted by Gasteiger charge is -1.93. The van der Waals surface area contributed by atoms with E-state index in [1.807, 2.05) is 6.92 Å². The molecule has 1 rings (SSSR count). The van der Waals surface area contributed by atoms with Crippen LogP contribution < -0.4 is 5.73 Å². The summed E-state index contributed by atoms with van der Waals surface area (Å²) in [7, 11) is 0. The number of anilines is 1. The van der Waals surface area contributed by atoms with Crippen LogP contribution in [0.25, 0.3) is 0 Å². The molecule has 1 aromatic heterocycles. The predicted octanol–water partition coefficient (Wildman–Crippen LogP) is 0.630. The highest BCUT2D eigenvalue weighted by Gasteiger charge is 2.10. The Bertz CT molecular complexity index is 281. The summed E-state index contributed by atoms with van der Waals surface area (Å²) in [5, 5.41) is 15.1. The van der Waals surface area contributed by atoms with Crippen LogP contribution in [0.15, 0.2) is 9.68 Å². The number of nitrogens with zero attached hydrogens (tertiary/aromatic N) is 3. The van der Waals surface area contributed by atoms with E-state index in [2.05, 4.69) is 19.8 Å². The Hall–Kier alpha value is -1.59. The molecule has 0 bridgehead atoms. The average Bonchev–Trinajstić information content (AvgIpc) is 2.47. The van der Waals surface area contributed by atoms with Gasteiger partial charge in [-0.3, -0.25) is 0 Å². The van der Waals surface area contributed by atoms with Crippen molar-refractivity contribution in [3.63, 3.8) is 0 Å². The maximum Gasteiger partial charge on any atom is 0.319 e. The van der Waals surface area contributed by atoms with Gasteiger partial charge in [0.05, 0.1) is 0 Å². The zero-order valence-corrected chi connectivity index (χ0v) is 6.69. The molecule has 0 saturated carbocycles. The number of aromatic nitrogens is 2. The second-order valence-electron chi connectivity index (χ2n) is 2.25. The fourth-order valence-electron chi connectivity index (χ4n) is 0.796. The van der Waals surface area contributed by atoms with E-state index in [4.69, 9.17) is 10.9 Å². The lowest BCUT2D eigenvalue weighted by molar-refractivity contribution is 0.317. The highest BCUT2D eigenvalue weighted by Crippen LogP contribution is 2.03. The average molecular weight is 170 g/mol. The molecule has 6 heteroatoms. The van der Waals surface area contributed by atoms with E-state index in [1.54, 1.807) is 0 Å². The first-order valence-electron chi connectivity index (χ1n) is 3.58. The zero-order chi connectivity index (χ0) is 8.97. The van der Waals surface area contributed by atoms with Crippen molar-refractivity contribution < 1.29 is 9.73 Å². The molecule has 0 atom stereocenters. The molecule has 0 amide bonds. The van der Waals surface area contributed by atoms with E-state index in [0.29, 0.717) is 12.1 Å². The van der Waals surface area contributed by atoms with Crippen LogP contribution in [0.2, 0.25) is 0 Å². The van der Waals surface area contributed by atoms with Gasteiger partial charge in [0.2, 0.25) is 5.82 Å². The molecule has 0 unspecified atom stereocenters. The summed E-state index contributed by atoms with van der Waals surface area (Å²) in [4.78, 5) is 3.71. The number of hydrogen-bond acceptors (Lipinski definition) is 6. The third kappa shape index (κ3) is 1.71. The molecule has 0 fully saturated rings. The van der Waals surface area contributed by atoms with E-state index in [-0.39, 0.29) is 11.8 Å². The van der Waals surface area contributed by atoms with Gasteiger partial charge in [-0.05, 0) is 6.42 Å². The third-order valence-corrected chi connectivity index (χ3v) is 1.31. The monoisotopic (exact) mass is 170 g/mol. The molecular weight excluding hydrogens is 160 g/mol. The molecule has 6 nitrogen and oxygen atoms in total. The summed E-state index contributed by atoms with van der Waals surface area (Å²) in [6, 6.07) is -0.0257. The topological polar surface area (TPSA) is 97.5 Å². The number of rotatable bonds is 3. The molecule has 0 aliphatic rings. The molecule has 0 saturated heterocycles. The van der Waals surface area contributed by atoms with Crippen LogP contribution in [0.1, 0.15) is 25.6 Å². The molecular formula is C6H10N4O2. The second kappa shape index (κ2) is 3.70. The Morgan fingerprint density at radius 2 is 2.50 bits per heavy atom. The Morgan fingerprint density at radius 3 is 2.92 bits per heavy atom. The van der Waals surface area contributed by atoms with Gasteiger partial charge in [0.15, 0.2) is 0 Å². The van der Waals surface area contributed by atoms with Gasteiger partial charge in [0, 0.05) is 0 Å². The molecule has 66 valence electrons. The summed E-state index contributed by atoms with van der Waals surface area (Å²) in [6.07, 6.45) is 1.43. The third-order valence-electron chi connectivity index (χ3n) is 1.31. The minimum Gasteiger partial charge on any atom is -0.411 e. The van der Waals surface area contributed by atoms with Crippen molar-refractivity contribution in [1.29, 1.82) is 0 Å². The number of oxime groups is 1. The number of hydrogen-bond donors (Lipinski definition) is 2. The van der Waals surface area contributed by atoms with E-state index in [1.165, 1.54) is 0 Å². The van der Waals surface area contributed by atoms with Gasteiger partial charge in [-0.15, -0.1) is 0 Å². The van der Waals surface area contributed by atoms with Gasteiger partial charge in [0.1, 0.15) is 5.71 Å². The van der Waals surface area contributed by atoms with Crippen molar-refractivity contribution in [1.82, 2.24) is 10.1 Å². The standard InChI is InChI=1S/C6H10N4O2/c1-2-3-4(9-11)5-8-6(7)12-10-5/h11H,2-3H2,1H3,(H2,7,8,10)/b9-4-. The van der Waals surface area contributed by atoms with E-state index in [9.17, 15) is 0 Å². The SMILES string of the molecule is CCC/C(=N/O)c1noc(N)n1. The fraction of sp³-hybridized carbons (Fsp3) is 0.500. The van der Waals surface area contributed by atoms with Crippen LogP contribution in [0.5, 0.6) is 0 Å². The molecule has 0 aliphatic heterocycles. The van der Waals surface area contributed by atoms with Gasteiger partial charge in [-0.25, -0.2) is 0 Å². The summed E-state index contributed by atoms with van der Waals surface area (Å²) in [5.74, 6) is 0.247. The van der Waals surface area contributed by atoms with Crippen LogP contribution >= 0.6 is 0 Å². The fourth-order valence-corrected chi connectivity index (χ4v) is 0.796. The van der Waals surface area contributed by atoms with Crippen molar-refractivity contribution in [2.24, 2.45) is 5.16 Å². The van der Waals surface area contributed by atoms with Crippen LogP contribution in [-0.4, -0.2) is 21.1 Å². The molecule has 1 heterocycles. The first kappa shape index (κ1) is 8.51. The van der Waals surface area contributed by atoms with E-state index >= 15 is 0 Å². The Labute approximate surface area is 69.1 Å². The maximum atomic E-state index is 8.55. The van der Waals surface area contributed by atoms with Gasteiger partial charge in [-0.1, -0.05) is 23.7 Å². The minimum absolute atomic E-state index is 0.0257. The molecule has 0 radical (unpaired) electrons. The van der Waals surface area contributed by atoms with Crippen molar-refractivity contribution in [3.05, 3.63) is 5.82 Å². The maximum absolute atomic E-state index is 8.55. The van der Waals surface area contributed by atoms with Gasteiger partial charge in [0.25, 0.3) is 0 Å². The Kier molecular flexibility index (Phi) is 2.62. The predicted molar refractivity (Wildman–Crippen MR) is 41.9 cm³/mol. The van der Waals surface area contributed by atoms with Gasteiger partial charge >= 0.3 is 6.01 Å². The lowest BCUT2D eigenvalue weighted by Crippen LogP contribution is -2.03. The molecule has 0 aliphatic carbocycles. The summed E-state index contributed by atoms with van der Waals surface area (Å²) >= 11 is 0. The normalized spacial score (nSPS) is 11.9. The van der Waals surface area contributed by atoms with Crippen LogP contribution in [0.3, 0.4) is 0 Å². The van der Waals surface area contributed by atoms with Crippen molar-refractivity contribution in [2.45, 2.75) is 19.8 Å².